The molecule has 1 aliphatic heterocycles. The number of benzene rings is 2. The minimum absolute atomic E-state index is 0.145. The molecule has 0 spiro atoms. The Kier molecular flexibility index (Phi) is 4.15. The van der Waals surface area contributed by atoms with Crippen LogP contribution < -0.4 is 14.8 Å². The van der Waals surface area contributed by atoms with E-state index in [9.17, 15) is 10.2 Å². The number of aromatic hydroxyl groups is 1. The molecule has 0 saturated heterocycles. The smallest absolute Gasteiger partial charge is 0.160 e. The van der Waals surface area contributed by atoms with Crippen molar-refractivity contribution in [3.8, 4) is 17.2 Å². The maximum absolute atomic E-state index is 11.0. The molecule has 0 bridgehead atoms. The summed E-state index contributed by atoms with van der Waals surface area (Å²) in [4.78, 5) is 0. The van der Waals surface area contributed by atoms with Crippen molar-refractivity contribution in [3.05, 3.63) is 53.6 Å². The first-order valence-corrected chi connectivity index (χ1v) is 7.58. The second kappa shape index (κ2) is 6.10. The number of phenols is 1. The van der Waals surface area contributed by atoms with Gasteiger partial charge in [0.2, 0.25) is 0 Å². The molecular weight excluding hydrogens is 294 g/mol. The summed E-state index contributed by atoms with van der Waals surface area (Å²) in [6.07, 6.45) is -0.567. The van der Waals surface area contributed by atoms with Crippen LogP contribution >= 0.6 is 0 Å². The Morgan fingerprint density at radius 1 is 1.30 bits per heavy atom. The van der Waals surface area contributed by atoms with Gasteiger partial charge in [0.05, 0.1) is 0 Å². The Morgan fingerprint density at radius 3 is 2.83 bits per heavy atom. The van der Waals surface area contributed by atoms with Crippen molar-refractivity contribution in [2.75, 3.05) is 20.2 Å². The Bertz CT molecular complexity index is 703. The van der Waals surface area contributed by atoms with Crippen LogP contribution in [0.1, 0.15) is 17.2 Å². The predicted molar refractivity (Wildman–Crippen MR) is 87.0 cm³/mol. The van der Waals surface area contributed by atoms with E-state index >= 15 is 0 Å². The first-order chi connectivity index (χ1) is 11.0. The van der Waals surface area contributed by atoms with Crippen LogP contribution in [0.15, 0.2) is 42.5 Å². The van der Waals surface area contributed by atoms with Gasteiger partial charge in [0.15, 0.2) is 11.7 Å². The molecule has 2 aromatic carbocycles. The lowest BCUT2D eigenvalue weighted by atomic mass is 9.88. The molecule has 2 aromatic rings. The van der Waals surface area contributed by atoms with E-state index < -0.39 is 11.7 Å². The van der Waals surface area contributed by atoms with Gasteiger partial charge in [-0.3, -0.25) is 0 Å². The van der Waals surface area contributed by atoms with Crippen molar-refractivity contribution >= 4 is 0 Å². The highest BCUT2D eigenvalue weighted by atomic mass is 16.5. The molecule has 0 aromatic heterocycles. The van der Waals surface area contributed by atoms with E-state index in [0.717, 1.165) is 16.9 Å². The van der Waals surface area contributed by atoms with E-state index in [1.807, 2.05) is 31.2 Å². The van der Waals surface area contributed by atoms with Crippen LogP contribution in [-0.2, 0) is 0 Å². The molecule has 5 heteroatoms. The molecule has 0 fully saturated rings. The summed E-state index contributed by atoms with van der Waals surface area (Å²) in [5.41, 5.74) is 0.428. The number of likely N-dealkylation sites (N-methyl/N-ethyl adjacent to an activating group) is 1. The fraction of sp³-hybridized carbons (Fsp3) is 0.333. The van der Waals surface area contributed by atoms with Crippen LogP contribution in [0.2, 0.25) is 0 Å². The molecule has 0 aliphatic carbocycles. The number of fused-ring (bicyclic) bond motifs is 1. The van der Waals surface area contributed by atoms with Crippen LogP contribution in [0, 0.1) is 6.92 Å². The number of hydrogen-bond acceptors (Lipinski definition) is 5. The van der Waals surface area contributed by atoms with Gasteiger partial charge in [-0.1, -0.05) is 18.2 Å². The summed E-state index contributed by atoms with van der Waals surface area (Å²) in [5, 5.41) is 23.6. The number of aliphatic hydroxyl groups is 1. The summed E-state index contributed by atoms with van der Waals surface area (Å²) in [5.74, 6) is 1.53. The molecule has 3 N–H and O–H groups in total. The summed E-state index contributed by atoms with van der Waals surface area (Å²) >= 11 is 0. The van der Waals surface area contributed by atoms with Crippen LogP contribution in [0.3, 0.4) is 0 Å². The second-order valence-electron chi connectivity index (χ2n) is 5.91. The largest absolute Gasteiger partial charge is 0.508 e. The lowest BCUT2D eigenvalue weighted by Gasteiger charge is -2.40. The van der Waals surface area contributed by atoms with Crippen LogP contribution in [0.4, 0.5) is 0 Å². The first-order valence-electron chi connectivity index (χ1n) is 7.58. The number of ether oxygens (including phenoxy) is 2. The normalized spacial score (nSPS) is 23.0. The number of para-hydroxylation sites is 1. The number of rotatable bonds is 4. The molecule has 23 heavy (non-hydrogen) atoms. The molecule has 0 amide bonds. The lowest BCUT2D eigenvalue weighted by molar-refractivity contribution is -0.101. The van der Waals surface area contributed by atoms with Crippen LogP contribution in [0.5, 0.6) is 17.2 Å². The zero-order valence-corrected chi connectivity index (χ0v) is 13.2. The second-order valence-corrected chi connectivity index (χ2v) is 5.91. The van der Waals surface area contributed by atoms with Crippen molar-refractivity contribution in [3.63, 3.8) is 0 Å². The predicted octanol–water partition coefficient (Wildman–Crippen LogP) is 2.16. The molecule has 2 unspecified atom stereocenters. The maximum Gasteiger partial charge on any atom is 0.160 e. The fourth-order valence-electron chi connectivity index (χ4n) is 2.91. The van der Waals surface area contributed by atoms with Gasteiger partial charge in [0.1, 0.15) is 23.9 Å². The van der Waals surface area contributed by atoms with E-state index in [2.05, 4.69) is 5.32 Å². The van der Waals surface area contributed by atoms with Gasteiger partial charge in [-0.25, -0.2) is 0 Å². The SMILES string of the molecule is CNCC1(O)COc2ccccc2C1Oc1ccc(O)cc1C. The topological polar surface area (TPSA) is 71.0 Å². The maximum atomic E-state index is 11.0. The Balaban J connectivity index is 2.00. The molecule has 3 rings (SSSR count). The van der Waals surface area contributed by atoms with Gasteiger partial charge < -0.3 is 25.0 Å². The summed E-state index contributed by atoms with van der Waals surface area (Å²) in [6.45, 7) is 2.34. The molecule has 1 aliphatic rings. The van der Waals surface area contributed by atoms with Gasteiger partial charge in [0, 0.05) is 12.1 Å². The highest BCUT2D eigenvalue weighted by Gasteiger charge is 2.45. The van der Waals surface area contributed by atoms with Crippen molar-refractivity contribution < 1.29 is 19.7 Å². The third-order valence-electron chi connectivity index (χ3n) is 4.05. The quantitative estimate of drug-likeness (QED) is 0.806. The van der Waals surface area contributed by atoms with Gasteiger partial charge in [-0.05, 0) is 43.8 Å². The molecule has 122 valence electrons. The highest BCUT2D eigenvalue weighted by molar-refractivity contribution is 5.43. The van der Waals surface area contributed by atoms with Crippen molar-refractivity contribution in [2.45, 2.75) is 18.6 Å². The summed E-state index contributed by atoms with van der Waals surface area (Å²) < 4.78 is 11.9. The minimum atomic E-state index is -1.19. The van der Waals surface area contributed by atoms with Gasteiger partial charge in [0.25, 0.3) is 0 Å². The third kappa shape index (κ3) is 2.98. The zero-order chi connectivity index (χ0) is 16.4. The fourth-order valence-corrected chi connectivity index (χ4v) is 2.91. The minimum Gasteiger partial charge on any atom is -0.508 e. The third-order valence-corrected chi connectivity index (χ3v) is 4.05. The first kappa shape index (κ1) is 15.6. The Morgan fingerprint density at radius 2 is 2.09 bits per heavy atom. The summed E-state index contributed by atoms with van der Waals surface area (Å²) in [7, 11) is 1.78. The van der Waals surface area contributed by atoms with Gasteiger partial charge in [-0.2, -0.15) is 0 Å². The van der Waals surface area contributed by atoms with E-state index in [1.165, 1.54) is 0 Å². The molecule has 5 nitrogen and oxygen atoms in total. The molecule has 1 heterocycles. The van der Waals surface area contributed by atoms with Crippen molar-refractivity contribution in [1.82, 2.24) is 5.32 Å². The van der Waals surface area contributed by atoms with Gasteiger partial charge in [-0.15, -0.1) is 0 Å². The van der Waals surface area contributed by atoms with Crippen LogP contribution in [0.25, 0.3) is 0 Å². The number of nitrogens with one attached hydrogen (secondary N) is 1. The average Bonchev–Trinajstić information content (AvgIpc) is 2.52. The number of hydrogen-bond donors (Lipinski definition) is 3. The zero-order valence-electron chi connectivity index (χ0n) is 13.2. The van der Waals surface area contributed by atoms with E-state index in [-0.39, 0.29) is 12.4 Å². The van der Waals surface area contributed by atoms with Crippen molar-refractivity contribution in [2.24, 2.45) is 0 Å². The lowest BCUT2D eigenvalue weighted by Crippen LogP contribution is -2.53. The Hall–Kier alpha value is -2.24. The van der Waals surface area contributed by atoms with E-state index in [1.54, 1.807) is 25.2 Å². The number of aryl methyl sites for hydroxylation is 1. The molecular formula is C18H21NO4. The molecule has 0 radical (unpaired) electrons. The van der Waals surface area contributed by atoms with Crippen LogP contribution in [-0.4, -0.2) is 36.0 Å². The molecule has 2 atom stereocenters. The highest BCUT2D eigenvalue weighted by Crippen LogP contribution is 2.41. The average molecular weight is 315 g/mol. The standard InChI is InChI=1S/C18H21NO4/c1-12-9-13(20)7-8-15(12)23-17-14-5-3-4-6-16(14)22-11-18(17,21)10-19-2/h3-9,17,19-21H,10-11H2,1-2H3. The molecule has 0 saturated carbocycles. The van der Waals surface area contributed by atoms with Gasteiger partial charge >= 0.3 is 0 Å². The van der Waals surface area contributed by atoms with E-state index in [4.69, 9.17) is 9.47 Å². The number of phenolic OH excluding ortho intramolecular Hbond substituents is 1. The monoisotopic (exact) mass is 315 g/mol. The van der Waals surface area contributed by atoms with Crippen molar-refractivity contribution in [1.29, 1.82) is 0 Å². The van der Waals surface area contributed by atoms with E-state index in [0.29, 0.717) is 12.3 Å². The Labute approximate surface area is 135 Å². The summed E-state index contributed by atoms with van der Waals surface area (Å²) in [6, 6.07) is 12.5.